The zero-order valence-corrected chi connectivity index (χ0v) is 23.6. The van der Waals surface area contributed by atoms with Crippen LogP contribution in [-0.2, 0) is 24.9 Å². The number of piperidine rings is 1. The highest BCUT2D eigenvalue weighted by molar-refractivity contribution is 6.07. The Balaban J connectivity index is 1.49. The van der Waals surface area contributed by atoms with E-state index in [4.69, 9.17) is 0 Å². The number of rotatable bonds is 6. The summed E-state index contributed by atoms with van der Waals surface area (Å²) in [5.41, 5.74) is 0.938. The summed E-state index contributed by atoms with van der Waals surface area (Å²) in [5, 5.41) is 2.94. The summed E-state index contributed by atoms with van der Waals surface area (Å²) in [7, 11) is 1.54. The number of carbonyl (C=O) groups is 2. The number of benzene rings is 2. The first-order valence-electron chi connectivity index (χ1n) is 13.9. The summed E-state index contributed by atoms with van der Waals surface area (Å²) < 4.78 is 19.6. The van der Waals surface area contributed by atoms with Crippen LogP contribution < -0.4 is 22.3 Å². The van der Waals surface area contributed by atoms with Crippen molar-refractivity contribution in [3.05, 3.63) is 73.0 Å². The first kappa shape index (κ1) is 28.1. The minimum atomic E-state index is -0.564. The highest BCUT2D eigenvalue weighted by Crippen LogP contribution is 2.28. The lowest BCUT2D eigenvalue weighted by molar-refractivity contribution is -0.115. The molecule has 0 spiro atoms. The Bertz CT molecular complexity index is 1870. The quantitative estimate of drug-likeness (QED) is 0.386. The predicted molar refractivity (Wildman–Crippen MR) is 154 cm³/mol. The van der Waals surface area contributed by atoms with Crippen LogP contribution in [0.3, 0.4) is 0 Å². The molecule has 0 atom stereocenters. The number of likely N-dealkylation sites (tertiary alicyclic amines) is 1. The molecule has 1 N–H and O–H groups in total. The standard InChI is InChI=1S/C29H33FN6O5/c1-5-25(37)31-21-16-24-23(34(6-2)29(41)35(24)7-3)15-19(21)26(38)33-12-10-18(11-13-33)36-27(39)20-14-17(30)8-9-22(20)32(4)28(36)40/h8-9,14-16,18H,5-7,10-13H2,1-4H3,(H,31,37). The fourth-order valence-corrected chi connectivity index (χ4v) is 5.76. The minimum Gasteiger partial charge on any atom is -0.338 e. The van der Waals surface area contributed by atoms with Crippen molar-refractivity contribution in [3.8, 4) is 0 Å². The van der Waals surface area contributed by atoms with Crippen molar-refractivity contribution in [2.24, 2.45) is 7.05 Å². The number of anilines is 1. The van der Waals surface area contributed by atoms with Gasteiger partial charge < -0.3 is 10.2 Å². The third-order valence-corrected chi connectivity index (χ3v) is 8.00. The van der Waals surface area contributed by atoms with E-state index < -0.39 is 23.1 Å². The number of nitrogens with zero attached hydrogens (tertiary/aromatic N) is 5. The van der Waals surface area contributed by atoms with Crippen LogP contribution in [-0.4, -0.2) is 48.1 Å². The lowest BCUT2D eigenvalue weighted by atomic mass is 10.0. The van der Waals surface area contributed by atoms with Crippen molar-refractivity contribution < 1.29 is 14.0 Å². The lowest BCUT2D eigenvalue weighted by Gasteiger charge is -2.33. The topological polar surface area (TPSA) is 120 Å². The van der Waals surface area contributed by atoms with E-state index in [1.807, 2.05) is 13.8 Å². The molecular formula is C29H33FN6O5. The minimum absolute atomic E-state index is 0.121. The lowest BCUT2D eigenvalue weighted by Crippen LogP contribution is -2.46. The van der Waals surface area contributed by atoms with E-state index in [-0.39, 0.29) is 48.0 Å². The zero-order valence-electron chi connectivity index (χ0n) is 23.6. The molecule has 4 aromatic rings. The molecule has 0 unspecified atom stereocenters. The molecule has 2 aromatic heterocycles. The monoisotopic (exact) mass is 564 g/mol. The van der Waals surface area contributed by atoms with Gasteiger partial charge in [-0.05, 0) is 57.0 Å². The number of hydrogen-bond donors (Lipinski definition) is 1. The fraction of sp³-hybridized carbons (Fsp3) is 0.414. The molecule has 0 aliphatic carbocycles. The van der Waals surface area contributed by atoms with Gasteiger partial charge >= 0.3 is 11.4 Å². The van der Waals surface area contributed by atoms with Gasteiger partial charge in [-0.1, -0.05) is 6.92 Å². The van der Waals surface area contributed by atoms with E-state index in [1.54, 1.807) is 40.1 Å². The van der Waals surface area contributed by atoms with E-state index in [1.165, 1.54) is 16.7 Å². The van der Waals surface area contributed by atoms with Gasteiger partial charge in [0.05, 0.1) is 33.2 Å². The van der Waals surface area contributed by atoms with Crippen molar-refractivity contribution in [1.29, 1.82) is 0 Å². The molecule has 1 fully saturated rings. The number of aryl methyl sites for hydroxylation is 3. The summed E-state index contributed by atoms with van der Waals surface area (Å²) in [6.07, 6.45) is 0.895. The van der Waals surface area contributed by atoms with Crippen LogP contribution in [0.1, 0.15) is 56.4 Å². The van der Waals surface area contributed by atoms with Crippen LogP contribution in [0.25, 0.3) is 21.9 Å². The number of fused-ring (bicyclic) bond motifs is 2. The van der Waals surface area contributed by atoms with Gasteiger partial charge in [-0.15, -0.1) is 0 Å². The van der Waals surface area contributed by atoms with Gasteiger partial charge in [0.2, 0.25) is 5.91 Å². The molecule has 216 valence electrons. The maximum atomic E-state index is 13.9. The Morgan fingerprint density at radius 2 is 1.54 bits per heavy atom. The van der Waals surface area contributed by atoms with Crippen LogP contribution in [0.15, 0.2) is 44.7 Å². The van der Waals surface area contributed by atoms with Crippen molar-refractivity contribution in [1.82, 2.24) is 23.2 Å². The molecule has 2 amide bonds. The van der Waals surface area contributed by atoms with Gasteiger partial charge in [-0.3, -0.25) is 32.7 Å². The van der Waals surface area contributed by atoms with E-state index in [0.717, 1.165) is 10.6 Å². The zero-order chi connectivity index (χ0) is 29.6. The number of aromatic nitrogens is 4. The maximum Gasteiger partial charge on any atom is 0.331 e. The highest BCUT2D eigenvalue weighted by atomic mass is 19.1. The molecule has 1 aliphatic heterocycles. The normalized spacial score (nSPS) is 14.2. The second kappa shape index (κ2) is 10.8. The number of imidazole rings is 1. The van der Waals surface area contributed by atoms with Gasteiger partial charge in [0.1, 0.15) is 5.82 Å². The highest BCUT2D eigenvalue weighted by Gasteiger charge is 2.29. The Hall–Kier alpha value is -4.48. The molecule has 0 saturated carbocycles. The average Bonchev–Trinajstić information content (AvgIpc) is 3.24. The van der Waals surface area contributed by atoms with Crippen molar-refractivity contribution >= 4 is 39.4 Å². The maximum absolute atomic E-state index is 13.9. The second-order valence-electron chi connectivity index (χ2n) is 10.3. The third kappa shape index (κ3) is 4.66. The molecule has 2 aromatic carbocycles. The molecule has 1 saturated heterocycles. The second-order valence-corrected chi connectivity index (χ2v) is 10.3. The number of nitrogens with one attached hydrogen (secondary N) is 1. The van der Waals surface area contributed by atoms with Crippen molar-refractivity contribution in [2.45, 2.75) is 59.2 Å². The number of hydrogen-bond acceptors (Lipinski definition) is 5. The molecule has 12 heteroatoms. The largest absolute Gasteiger partial charge is 0.338 e. The summed E-state index contributed by atoms with van der Waals surface area (Å²) in [6, 6.07) is 6.62. The Morgan fingerprint density at radius 3 is 2.15 bits per heavy atom. The van der Waals surface area contributed by atoms with Gasteiger partial charge in [0.25, 0.3) is 11.5 Å². The molecular weight excluding hydrogens is 531 g/mol. The molecule has 1 aliphatic rings. The summed E-state index contributed by atoms with van der Waals surface area (Å²) in [5.74, 6) is -1.15. The summed E-state index contributed by atoms with van der Waals surface area (Å²) >= 11 is 0. The molecule has 3 heterocycles. The Labute approximate surface area is 234 Å². The Morgan fingerprint density at radius 1 is 0.902 bits per heavy atom. The van der Waals surface area contributed by atoms with Gasteiger partial charge in [-0.25, -0.2) is 14.0 Å². The van der Waals surface area contributed by atoms with E-state index in [0.29, 0.717) is 48.2 Å². The molecule has 0 bridgehead atoms. The SMILES string of the molecule is CCC(=O)Nc1cc2c(cc1C(=O)N1CCC(n3c(=O)c4cc(F)ccc4n(C)c3=O)CC1)n(CC)c(=O)n2CC. The van der Waals surface area contributed by atoms with E-state index in [2.05, 4.69) is 5.32 Å². The van der Waals surface area contributed by atoms with Gasteiger partial charge in [0.15, 0.2) is 0 Å². The molecule has 0 radical (unpaired) electrons. The van der Waals surface area contributed by atoms with Crippen molar-refractivity contribution in [2.75, 3.05) is 18.4 Å². The van der Waals surface area contributed by atoms with Crippen LogP contribution in [0.2, 0.25) is 0 Å². The van der Waals surface area contributed by atoms with E-state index in [9.17, 15) is 28.4 Å². The van der Waals surface area contributed by atoms with Crippen molar-refractivity contribution in [3.63, 3.8) is 0 Å². The summed E-state index contributed by atoms with van der Waals surface area (Å²) in [6.45, 7) is 6.80. The van der Waals surface area contributed by atoms with Crippen LogP contribution in [0.5, 0.6) is 0 Å². The molecule has 11 nitrogen and oxygen atoms in total. The molecule has 41 heavy (non-hydrogen) atoms. The average molecular weight is 565 g/mol. The third-order valence-electron chi connectivity index (χ3n) is 8.00. The van der Waals surface area contributed by atoms with Crippen LogP contribution in [0, 0.1) is 5.82 Å². The molecule has 5 rings (SSSR count). The smallest absolute Gasteiger partial charge is 0.331 e. The van der Waals surface area contributed by atoms with E-state index >= 15 is 0 Å². The fourth-order valence-electron chi connectivity index (χ4n) is 5.76. The van der Waals surface area contributed by atoms with Crippen LogP contribution >= 0.6 is 0 Å². The first-order valence-corrected chi connectivity index (χ1v) is 13.9. The number of carbonyl (C=O) groups excluding carboxylic acids is 2. The predicted octanol–water partition coefficient (Wildman–Crippen LogP) is 2.82. The number of amides is 2. The van der Waals surface area contributed by atoms with Gasteiger partial charge in [0, 0.05) is 45.7 Å². The first-order chi connectivity index (χ1) is 19.6. The number of halogens is 1. The Kier molecular flexibility index (Phi) is 7.41. The van der Waals surface area contributed by atoms with Gasteiger partial charge in [-0.2, -0.15) is 0 Å². The summed E-state index contributed by atoms with van der Waals surface area (Å²) in [4.78, 5) is 67.1. The van der Waals surface area contributed by atoms with Crippen LogP contribution in [0.4, 0.5) is 10.1 Å².